The van der Waals surface area contributed by atoms with Crippen LogP contribution in [0.4, 0.5) is 8.78 Å². The largest absolute Gasteiger partial charge is 0.481 e. The molecule has 0 bridgehead atoms. The first kappa shape index (κ1) is 11.6. The highest BCUT2D eigenvalue weighted by atomic mass is 19.1. The topological polar surface area (TPSA) is 37.3 Å². The van der Waals surface area contributed by atoms with Gasteiger partial charge in [-0.25, -0.2) is 8.78 Å². The molecule has 1 aromatic carbocycles. The molecule has 82 valence electrons. The summed E-state index contributed by atoms with van der Waals surface area (Å²) in [6.07, 6.45) is 0. The van der Waals surface area contributed by atoms with E-state index in [4.69, 9.17) is 5.11 Å². The van der Waals surface area contributed by atoms with Crippen LogP contribution in [-0.2, 0) is 4.79 Å². The van der Waals surface area contributed by atoms with Gasteiger partial charge in [0.2, 0.25) is 0 Å². The fourth-order valence-corrected chi connectivity index (χ4v) is 1.45. The van der Waals surface area contributed by atoms with Gasteiger partial charge in [-0.3, -0.25) is 4.79 Å². The molecule has 1 rings (SSSR count). The zero-order valence-corrected chi connectivity index (χ0v) is 8.77. The number of carbonyl (C=O) groups is 1. The summed E-state index contributed by atoms with van der Waals surface area (Å²) < 4.78 is 26.7. The van der Waals surface area contributed by atoms with Crippen LogP contribution in [0.5, 0.6) is 0 Å². The summed E-state index contributed by atoms with van der Waals surface area (Å²) in [7, 11) is 0. The van der Waals surface area contributed by atoms with E-state index in [9.17, 15) is 13.6 Å². The number of benzene rings is 1. The summed E-state index contributed by atoms with van der Waals surface area (Å²) in [5.41, 5.74) is 0.306. The van der Waals surface area contributed by atoms with Crippen LogP contribution in [0.15, 0.2) is 6.07 Å². The lowest BCUT2D eigenvalue weighted by atomic mass is 9.94. The van der Waals surface area contributed by atoms with Crippen molar-refractivity contribution in [3.8, 4) is 0 Å². The first-order valence-corrected chi connectivity index (χ1v) is 4.54. The fraction of sp³-hybridized carbons (Fsp3) is 0.364. The molecule has 15 heavy (non-hydrogen) atoms. The Labute approximate surface area is 86.5 Å². The van der Waals surface area contributed by atoms with Gasteiger partial charge in [-0.2, -0.15) is 0 Å². The Morgan fingerprint density at radius 2 is 1.87 bits per heavy atom. The van der Waals surface area contributed by atoms with Gasteiger partial charge in [-0.1, -0.05) is 0 Å². The average molecular weight is 214 g/mol. The van der Waals surface area contributed by atoms with E-state index in [1.807, 2.05) is 0 Å². The van der Waals surface area contributed by atoms with Gasteiger partial charge in [0.15, 0.2) is 0 Å². The van der Waals surface area contributed by atoms with E-state index >= 15 is 0 Å². The molecule has 1 aromatic rings. The van der Waals surface area contributed by atoms with E-state index in [0.29, 0.717) is 0 Å². The summed E-state index contributed by atoms with van der Waals surface area (Å²) in [5.74, 6) is -3.38. The Kier molecular flexibility index (Phi) is 3.07. The second-order valence-corrected chi connectivity index (χ2v) is 3.57. The SMILES string of the molecule is Cc1c(F)cc(C(C)C(=O)O)c(C)c1F. The van der Waals surface area contributed by atoms with Crippen LogP contribution in [0.3, 0.4) is 0 Å². The van der Waals surface area contributed by atoms with Gasteiger partial charge in [-0.15, -0.1) is 0 Å². The molecule has 2 nitrogen and oxygen atoms in total. The second kappa shape index (κ2) is 3.96. The third kappa shape index (κ3) is 1.98. The Morgan fingerprint density at radius 1 is 1.33 bits per heavy atom. The number of carboxylic acid groups (broad SMARTS) is 1. The third-order valence-electron chi connectivity index (χ3n) is 2.57. The minimum atomic E-state index is -1.10. The number of halogens is 2. The molecule has 4 heteroatoms. The van der Waals surface area contributed by atoms with Crippen LogP contribution < -0.4 is 0 Å². The average Bonchev–Trinajstić information content (AvgIpc) is 2.19. The van der Waals surface area contributed by atoms with Gasteiger partial charge in [0.05, 0.1) is 5.92 Å². The molecule has 0 saturated heterocycles. The lowest BCUT2D eigenvalue weighted by molar-refractivity contribution is -0.138. The fourth-order valence-electron chi connectivity index (χ4n) is 1.45. The summed E-state index contributed by atoms with van der Waals surface area (Å²) in [6.45, 7) is 4.18. The van der Waals surface area contributed by atoms with Crippen molar-refractivity contribution >= 4 is 5.97 Å². The van der Waals surface area contributed by atoms with Crippen molar-refractivity contribution in [1.29, 1.82) is 0 Å². The maximum absolute atomic E-state index is 13.4. The van der Waals surface area contributed by atoms with Crippen molar-refractivity contribution in [3.05, 3.63) is 34.4 Å². The number of carboxylic acids is 1. The molecule has 1 atom stereocenters. The molecule has 0 amide bonds. The Balaban J connectivity index is 3.38. The molecule has 0 aliphatic heterocycles. The quantitative estimate of drug-likeness (QED) is 0.821. The van der Waals surface area contributed by atoms with E-state index in [0.717, 1.165) is 6.07 Å². The summed E-state index contributed by atoms with van der Waals surface area (Å²) >= 11 is 0. The molecule has 0 saturated carbocycles. The van der Waals surface area contributed by atoms with E-state index in [-0.39, 0.29) is 16.7 Å². The minimum Gasteiger partial charge on any atom is -0.481 e. The normalized spacial score (nSPS) is 12.6. The molecular weight excluding hydrogens is 202 g/mol. The molecule has 1 unspecified atom stereocenters. The zero-order valence-electron chi connectivity index (χ0n) is 8.77. The van der Waals surface area contributed by atoms with Gasteiger partial charge < -0.3 is 5.11 Å². The lowest BCUT2D eigenvalue weighted by Gasteiger charge is -2.13. The van der Waals surface area contributed by atoms with Gasteiger partial charge in [-0.05, 0) is 38.0 Å². The third-order valence-corrected chi connectivity index (χ3v) is 2.57. The Hall–Kier alpha value is -1.45. The lowest BCUT2D eigenvalue weighted by Crippen LogP contribution is -2.11. The second-order valence-electron chi connectivity index (χ2n) is 3.57. The van der Waals surface area contributed by atoms with Crippen LogP contribution in [0.25, 0.3) is 0 Å². The smallest absolute Gasteiger partial charge is 0.310 e. The van der Waals surface area contributed by atoms with Gasteiger partial charge in [0, 0.05) is 5.56 Å². The van der Waals surface area contributed by atoms with Crippen LogP contribution in [0.1, 0.15) is 29.5 Å². The Bertz CT molecular complexity index is 414. The van der Waals surface area contributed by atoms with Crippen LogP contribution >= 0.6 is 0 Å². The predicted molar refractivity (Wildman–Crippen MR) is 51.9 cm³/mol. The molecule has 0 aromatic heterocycles. The molecule has 0 aliphatic carbocycles. The maximum atomic E-state index is 13.4. The molecule has 0 spiro atoms. The highest BCUT2D eigenvalue weighted by molar-refractivity contribution is 5.76. The van der Waals surface area contributed by atoms with E-state index in [2.05, 4.69) is 0 Å². The maximum Gasteiger partial charge on any atom is 0.310 e. The van der Waals surface area contributed by atoms with Crippen molar-refractivity contribution in [2.24, 2.45) is 0 Å². The molecule has 0 heterocycles. The zero-order chi connectivity index (χ0) is 11.7. The van der Waals surface area contributed by atoms with E-state index < -0.39 is 23.5 Å². The summed E-state index contributed by atoms with van der Waals surface area (Å²) in [4.78, 5) is 10.7. The van der Waals surface area contributed by atoms with Gasteiger partial charge in [0.25, 0.3) is 0 Å². The number of hydrogen-bond donors (Lipinski definition) is 1. The Morgan fingerprint density at radius 3 is 2.33 bits per heavy atom. The molecule has 0 radical (unpaired) electrons. The monoisotopic (exact) mass is 214 g/mol. The van der Waals surface area contributed by atoms with Gasteiger partial charge >= 0.3 is 5.97 Å². The number of rotatable bonds is 2. The van der Waals surface area contributed by atoms with Crippen LogP contribution in [0, 0.1) is 25.5 Å². The van der Waals surface area contributed by atoms with Crippen molar-refractivity contribution in [3.63, 3.8) is 0 Å². The number of aliphatic carboxylic acids is 1. The first-order chi connectivity index (χ1) is 6.86. The van der Waals surface area contributed by atoms with Gasteiger partial charge in [0.1, 0.15) is 11.6 Å². The summed E-state index contributed by atoms with van der Waals surface area (Å²) in [5, 5.41) is 8.77. The van der Waals surface area contributed by atoms with E-state index in [1.54, 1.807) is 0 Å². The minimum absolute atomic E-state index is 0.0751. The molecular formula is C11H12F2O2. The van der Waals surface area contributed by atoms with Crippen LogP contribution in [0.2, 0.25) is 0 Å². The van der Waals surface area contributed by atoms with Crippen molar-refractivity contribution in [2.45, 2.75) is 26.7 Å². The first-order valence-electron chi connectivity index (χ1n) is 4.54. The highest BCUT2D eigenvalue weighted by Crippen LogP contribution is 2.26. The standard InChI is InChI=1S/C11H12F2O2/c1-5-8(6(2)11(14)15)4-9(12)7(3)10(5)13/h4,6H,1-3H3,(H,14,15). The van der Waals surface area contributed by atoms with Crippen molar-refractivity contribution in [2.75, 3.05) is 0 Å². The molecule has 0 fully saturated rings. The van der Waals surface area contributed by atoms with Crippen molar-refractivity contribution < 1.29 is 18.7 Å². The molecule has 1 N–H and O–H groups in total. The number of hydrogen-bond acceptors (Lipinski definition) is 1. The highest BCUT2D eigenvalue weighted by Gasteiger charge is 2.20. The molecule has 0 aliphatic rings. The predicted octanol–water partition coefficient (Wildman–Crippen LogP) is 2.77. The van der Waals surface area contributed by atoms with Crippen molar-refractivity contribution in [1.82, 2.24) is 0 Å². The van der Waals surface area contributed by atoms with Crippen LogP contribution in [-0.4, -0.2) is 11.1 Å². The summed E-state index contributed by atoms with van der Waals surface area (Å²) in [6, 6.07) is 1.09. The van der Waals surface area contributed by atoms with E-state index in [1.165, 1.54) is 20.8 Å².